The SMILES string of the molecule is CCCCCC[C@H]1CC[C@H](CCc2ccc(OC(F)(F)C(F)F)cc2)CC1. The minimum Gasteiger partial charge on any atom is -0.428 e. The number of unbranched alkanes of at least 4 members (excludes halogenated alkanes) is 3. The van der Waals surface area contributed by atoms with Gasteiger partial charge in [-0.2, -0.15) is 17.6 Å². The van der Waals surface area contributed by atoms with E-state index in [0.29, 0.717) is 0 Å². The summed E-state index contributed by atoms with van der Waals surface area (Å²) in [6.45, 7) is 2.24. The average molecular weight is 388 g/mol. The van der Waals surface area contributed by atoms with Gasteiger partial charge >= 0.3 is 12.5 Å². The molecule has 0 N–H and O–H groups in total. The number of benzene rings is 1. The van der Waals surface area contributed by atoms with E-state index in [-0.39, 0.29) is 5.75 Å². The third-order valence-corrected chi connectivity index (χ3v) is 5.70. The van der Waals surface area contributed by atoms with E-state index in [1.807, 2.05) is 0 Å². The van der Waals surface area contributed by atoms with E-state index in [9.17, 15) is 17.6 Å². The number of rotatable bonds is 11. The number of ether oxygens (including phenoxy) is 1. The highest BCUT2D eigenvalue weighted by molar-refractivity contribution is 5.27. The van der Waals surface area contributed by atoms with Gasteiger partial charge in [0.25, 0.3) is 0 Å². The zero-order chi connectivity index (χ0) is 19.7. The van der Waals surface area contributed by atoms with Gasteiger partial charge in [0.2, 0.25) is 0 Å². The fourth-order valence-corrected chi connectivity index (χ4v) is 3.97. The van der Waals surface area contributed by atoms with E-state index >= 15 is 0 Å². The van der Waals surface area contributed by atoms with Crippen LogP contribution in [0.25, 0.3) is 0 Å². The van der Waals surface area contributed by atoms with Gasteiger partial charge in [-0.15, -0.1) is 0 Å². The summed E-state index contributed by atoms with van der Waals surface area (Å²) in [5.74, 6) is 1.40. The smallest absolute Gasteiger partial charge is 0.428 e. The molecule has 1 aliphatic rings. The highest BCUT2D eigenvalue weighted by atomic mass is 19.3. The van der Waals surface area contributed by atoms with Crippen LogP contribution in [0.1, 0.15) is 76.7 Å². The van der Waals surface area contributed by atoms with Crippen LogP contribution in [-0.4, -0.2) is 12.5 Å². The molecule has 1 saturated carbocycles. The largest absolute Gasteiger partial charge is 0.461 e. The molecule has 0 bridgehead atoms. The van der Waals surface area contributed by atoms with E-state index in [4.69, 9.17) is 0 Å². The maximum absolute atomic E-state index is 12.9. The molecule has 1 aromatic carbocycles. The summed E-state index contributed by atoms with van der Waals surface area (Å²) in [4.78, 5) is 0. The van der Waals surface area contributed by atoms with E-state index in [0.717, 1.165) is 30.2 Å². The molecule has 1 aromatic rings. The van der Waals surface area contributed by atoms with Crippen molar-refractivity contribution in [2.45, 2.75) is 90.1 Å². The fraction of sp³-hybridized carbons (Fsp3) is 0.727. The molecule has 27 heavy (non-hydrogen) atoms. The Morgan fingerprint density at radius 1 is 0.926 bits per heavy atom. The molecule has 0 aliphatic heterocycles. The maximum Gasteiger partial charge on any atom is 0.461 e. The topological polar surface area (TPSA) is 9.23 Å². The van der Waals surface area contributed by atoms with Gasteiger partial charge in [-0.1, -0.05) is 76.8 Å². The van der Waals surface area contributed by atoms with Crippen LogP contribution in [0.4, 0.5) is 17.6 Å². The molecule has 0 heterocycles. The molecule has 0 unspecified atom stereocenters. The Kier molecular flexibility index (Phi) is 8.91. The Hall–Kier alpha value is -1.26. The number of alkyl halides is 4. The Labute approximate surface area is 160 Å². The summed E-state index contributed by atoms with van der Waals surface area (Å²) in [6, 6.07) is 6.07. The molecule has 0 saturated heterocycles. The third-order valence-electron chi connectivity index (χ3n) is 5.70. The Morgan fingerprint density at radius 2 is 1.52 bits per heavy atom. The van der Waals surface area contributed by atoms with Gasteiger partial charge in [0, 0.05) is 0 Å². The first-order valence-corrected chi connectivity index (χ1v) is 10.3. The van der Waals surface area contributed by atoms with E-state index in [1.54, 1.807) is 12.1 Å². The molecule has 0 atom stereocenters. The van der Waals surface area contributed by atoms with E-state index in [2.05, 4.69) is 11.7 Å². The number of hydrogen-bond donors (Lipinski definition) is 0. The lowest BCUT2D eigenvalue weighted by Crippen LogP contribution is -2.33. The van der Waals surface area contributed by atoms with Gasteiger partial charge in [0.15, 0.2) is 0 Å². The quantitative estimate of drug-likeness (QED) is 0.280. The van der Waals surface area contributed by atoms with Crippen LogP contribution in [0.5, 0.6) is 5.75 Å². The van der Waals surface area contributed by atoms with Crippen molar-refractivity contribution < 1.29 is 22.3 Å². The molecule has 1 nitrogen and oxygen atoms in total. The standard InChI is InChI=1S/C22H32F4O/c1-2-3-4-5-6-17-7-9-18(10-8-17)11-12-19-13-15-20(16-14-19)27-22(25,26)21(23)24/h13-18,21H,2-12H2,1H3/t17-,18-. The Balaban J connectivity index is 1.67. The lowest BCUT2D eigenvalue weighted by molar-refractivity contribution is -0.253. The molecular weight excluding hydrogens is 356 g/mol. The summed E-state index contributed by atoms with van der Waals surface area (Å²) in [5, 5.41) is 0. The van der Waals surface area contributed by atoms with Crippen LogP contribution in [0.15, 0.2) is 24.3 Å². The predicted octanol–water partition coefficient (Wildman–Crippen LogP) is 7.63. The zero-order valence-corrected chi connectivity index (χ0v) is 16.2. The summed E-state index contributed by atoms with van der Waals surface area (Å²) >= 11 is 0. The van der Waals surface area contributed by atoms with Crippen LogP contribution < -0.4 is 4.74 Å². The van der Waals surface area contributed by atoms with Crippen molar-refractivity contribution in [2.75, 3.05) is 0 Å². The van der Waals surface area contributed by atoms with Crippen LogP contribution in [0.3, 0.4) is 0 Å². The summed E-state index contributed by atoms with van der Waals surface area (Å²) in [6.07, 6.45) is 5.63. The summed E-state index contributed by atoms with van der Waals surface area (Å²) < 4.78 is 54.2. The van der Waals surface area contributed by atoms with Crippen molar-refractivity contribution in [3.63, 3.8) is 0 Å². The van der Waals surface area contributed by atoms with Gasteiger partial charge in [-0.25, -0.2) is 0 Å². The van der Waals surface area contributed by atoms with Crippen molar-refractivity contribution >= 4 is 0 Å². The van der Waals surface area contributed by atoms with Crippen LogP contribution in [0, 0.1) is 11.8 Å². The van der Waals surface area contributed by atoms with Crippen molar-refractivity contribution in [3.05, 3.63) is 29.8 Å². The minimum absolute atomic E-state index is 0.229. The second-order valence-corrected chi connectivity index (χ2v) is 7.88. The zero-order valence-electron chi connectivity index (χ0n) is 16.2. The normalized spacial score (nSPS) is 20.8. The molecule has 0 amide bonds. The molecule has 5 heteroatoms. The second kappa shape index (κ2) is 10.9. The van der Waals surface area contributed by atoms with E-state index < -0.39 is 12.5 Å². The lowest BCUT2D eigenvalue weighted by atomic mass is 9.78. The van der Waals surface area contributed by atoms with Crippen molar-refractivity contribution in [2.24, 2.45) is 11.8 Å². The first-order chi connectivity index (χ1) is 12.9. The van der Waals surface area contributed by atoms with Crippen molar-refractivity contribution in [3.8, 4) is 5.75 Å². The maximum atomic E-state index is 12.9. The van der Waals surface area contributed by atoms with Crippen LogP contribution in [-0.2, 0) is 6.42 Å². The Bertz CT molecular complexity index is 522. The number of aryl methyl sites for hydroxylation is 1. The van der Waals surface area contributed by atoms with Gasteiger partial charge in [-0.3, -0.25) is 0 Å². The average Bonchev–Trinajstić information content (AvgIpc) is 2.65. The molecular formula is C22H32F4O. The van der Waals surface area contributed by atoms with Gasteiger partial charge in [-0.05, 0) is 42.4 Å². The molecule has 0 aromatic heterocycles. The Morgan fingerprint density at radius 3 is 2.07 bits per heavy atom. The monoisotopic (exact) mass is 388 g/mol. The molecule has 154 valence electrons. The number of hydrogen-bond acceptors (Lipinski definition) is 1. The molecule has 0 radical (unpaired) electrons. The van der Waals surface area contributed by atoms with Gasteiger partial charge in [0.05, 0.1) is 0 Å². The highest BCUT2D eigenvalue weighted by Crippen LogP contribution is 2.34. The van der Waals surface area contributed by atoms with Crippen molar-refractivity contribution in [1.82, 2.24) is 0 Å². The number of halogens is 4. The summed E-state index contributed by atoms with van der Waals surface area (Å²) in [7, 11) is 0. The van der Waals surface area contributed by atoms with Crippen LogP contribution >= 0.6 is 0 Å². The van der Waals surface area contributed by atoms with Gasteiger partial charge < -0.3 is 4.74 Å². The molecule has 2 rings (SSSR count). The fourth-order valence-electron chi connectivity index (χ4n) is 3.97. The predicted molar refractivity (Wildman–Crippen MR) is 101 cm³/mol. The second-order valence-electron chi connectivity index (χ2n) is 7.88. The highest BCUT2D eigenvalue weighted by Gasteiger charge is 2.43. The molecule has 1 fully saturated rings. The third kappa shape index (κ3) is 7.71. The van der Waals surface area contributed by atoms with Gasteiger partial charge in [0.1, 0.15) is 5.75 Å². The first-order valence-electron chi connectivity index (χ1n) is 10.3. The summed E-state index contributed by atoms with van der Waals surface area (Å²) in [5.41, 5.74) is 1.03. The minimum atomic E-state index is -4.45. The lowest BCUT2D eigenvalue weighted by Gasteiger charge is -2.28. The van der Waals surface area contributed by atoms with E-state index in [1.165, 1.54) is 69.9 Å². The molecule has 0 spiro atoms. The molecule has 1 aliphatic carbocycles. The first kappa shape index (κ1) is 22.0. The van der Waals surface area contributed by atoms with Crippen LogP contribution in [0.2, 0.25) is 0 Å². The van der Waals surface area contributed by atoms with Crippen molar-refractivity contribution in [1.29, 1.82) is 0 Å².